The summed E-state index contributed by atoms with van der Waals surface area (Å²) in [5, 5.41) is 26.6. The molecule has 1 fully saturated rings. The molecule has 0 aromatic heterocycles. The van der Waals surface area contributed by atoms with Crippen LogP contribution in [0.2, 0.25) is 0 Å². The zero-order valence-corrected chi connectivity index (χ0v) is 11.2. The van der Waals surface area contributed by atoms with Crippen molar-refractivity contribution in [1.29, 1.82) is 0 Å². The number of nitrogens with zero attached hydrogens (tertiary/aromatic N) is 1. The third kappa shape index (κ3) is 4.43. The van der Waals surface area contributed by atoms with E-state index in [0.29, 0.717) is 19.6 Å². The second-order valence-corrected chi connectivity index (χ2v) is 4.54. The molecule has 0 amide bonds. The number of hydrogen-bond donors (Lipinski definition) is 3. The smallest absolute Gasteiger partial charge is 0.269 e. The zero-order valence-electron chi connectivity index (χ0n) is 10.4. The van der Waals surface area contributed by atoms with E-state index in [1.807, 2.05) is 6.07 Å². The normalized spacial score (nSPS) is 21.9. The van der Waals surface area contributed by atoms with Gasteiger partial charge in [-0.2, -0.15) is 0 Å². The van der Waals surface area contributed by atoms with Crippen LogP contribution in [0.4, 0.5) is 5.69 Å². The molecule has 106 valence electrons. The van der Waals surface area contributed by atoms with Crippen molar-refractivity contribution in [3.8, 4) is 0 Å². The molecular weight excluding hydrogens is 270 g/mol. The van der Waals surface area contributed by atoms with E-state index in [-0.39, 0.29) is 30.1 Å². The van der Waals surface area contributed by atoms with Gasteiger partial charge in [-0.1, -0.05) is 12.1 Å². The first-order valence-electron chi connectivity index (χ1n) is 5.99. The van der Waals surface area contributed by atoms with E-state index >= 15 is 0 Å². The molecule has 1 aliphatic heterocycles. The molecule has 0 aliphatic carbocycles. The topological polar surface area (TPSA) is 87.4 Å². The standard InChI is InChI=1S/C12H17N3O3.ClH/c16-12-8-14-7-10(12)6-13-5-9-2-1-3-11(4-9)15(17)18;/h1-4,10,12-14,16H,5-8H2;1H. The first-order valence-corrected chi connectivity index (χ1v) is 5.99. The van der Waals surface area contributed by atoms with Crippen molar-refractivity contribution >= 4 is 18.1 Å². The van der Waals surface area contributed by atoms with Gasteiger partial charge in [0.2, 0.25) is 0 Å². The van der Waals surface area contributed by atoms with Gasteiger partial charge < -0.3 is 15.7 Å². The number of β-amino-alcohol motifs (C(OH)–C–C–N with tert-alkyl or cyclic N) is 1. The molecule has 19 heavy (non-hydrogen) atoms. The molecule has 0 bridgehead atoms. The summed E-state index contributed by atoms with van der Waals surface area (Å²) in [5.74, 6) is 0.212. The van der Waals surface area contributed by atoms with E-state index in [2.05, 4.69) is 10.6 Å². The summed E-state index contributed by atoms with van der Waals surface area (Å²) in [6.45, 7) is 2.73. The predicted octanol–water partition coefficient (Wildman–Crippen LogP) is 0.686. The van der Waals surface area contributed by atoms with E-state index in [4.69, 9.17) is 0 Å². The number of nitrogens with one attached hydrogen (secondary N) is 2. The summed E-state index contributed by atoms with van der Waals surface area (Å²) in [6, 6.07) is 6.58. The fraction of sp³-hybridized carbons (Fsp3) is 0.500. The molecule has 0 saturated carbocycles. The Kier molecular flexibility index (Phi) is 6.17. The molecule has 7 heteroatoms. The van der Waals surface area contributed by atoms with Crippen LogP contribution < -0.4 is 10.6 Å². The molecule has 0 spiro atoms. The molecule has 1 saturated heterocycles. The summed E-state index contributed by atoms with van der Waals surface area (Å²) in [7, 11) is 0. The number of rotatable bonds is 5. The highest BCUT2D eigenvalue weighted by molar-refractivity contribution is 5.85. The van der Waals surface area contributed by atoms with Crippen LogP contribution >= 0.6 is 12.4 Å². The Morgan fingerprint density at radius 2 is 2.26 bits per heavy atom. The van der Waals surface area contributed by atoms with Crippen LogP contribution in [-0.4, -0.2) is 35.8 Å². The van der Waals surface area contributed by atoms with E-state index in [1.54, 1.807) is 12.1 Å². The maximum atomic E-state index is 10.6. The summed E-state index contributed by atoms with van der Waals surface area (Å²) >= 11 is 0. The molecule has 6 nitrogen and oxygen atoms in total. The van der Waals surface area contributed by atoms with Gasteiger partial charge in [0.05, 0.1) is 11.0 Å². The number of non-ortho nitro benzene ring substituents is 1. The average Bonchev–Trinajstić information content (AvgIpc) is 2.76. The van der Waals surface area contributed by atoms with Gasteiger partial charge in [-0.15, -0.1) is 12.4 Å². The van der Waals surface area contributed by atoms with Crippen LogP contribution in [0, 0.1) is 16.0 Å². The lowest BCUT2D eigenvalue weighted by molar-refractivity contribution is -0.384. The van der Waals surface area contributed by atoms with Crippen molar-refractivity contribution in [1.82, 2.24) is 10.6 Å². The van der Waals surface area contributed by atoms with Crippen molar-refractivity contribution in [2.24, 2.45) is 5.92 Å². The lowest BCUT2D eigenvalue weighted by Gasteiger charge is -2.13. The van der Waals surface area contributed by atoms with Gasteiger partial charge in [0.25, 0.3) is 5.69 Å². The fourth-order valence-corrected chi connectivity index (χ4v) is 2.11. The highest BCUT2D eigenvalue weighted by Gasteiger charge is 2.23. The maximum Gasteiger partial charge on any atom is 0.269 e. The number of halogens is 1. The molecular formula is C12H18ClN3O3. The number of nitro groups is 1. The van der Waals surface area contributed by atoms with Crippen molar-refractivity contribution in [3.05, 3.63) is 39.9 Å². The van der Waals surface area contributed by atoms with Gasteiger partial charge in [0, 0.05) is 44.2 Å². The van der Waals surface area contributed by atoms with Crippen LogP contribution in [0.3, 0.4) is 0 Å². The van der Waals surface area contributed by atoms with Crippen LogP contribution in [0.15, 0.2) is 24.3 Å². The number of benzene rings is 1. The van der Waals surface area contributed by atoms with E-state index < -0.39 is 4.92 Å². The predicted molar refractivity (Wildman–Crippen MR) is 74.4 cm³/mol. The molecule has 1 aromatic rings. The number of hydrogen-bond acceptors (Lipinski definition) is 5. The summed E-state index contributed by atoms with van der Waals surface area (Å²) in [6.07, 6.45) is -0.303. The summed E-state index contributed by atoms with van der Waals surface area (Å²) in [4.78, 5) is 10.2. The van der Waals surface area contributed by atoms with Crippen molar-refractivity contribution in [2.75, 3.05) is 19.6 Å². The number of nitro benzene ring substituents is 1. The minimum atomic E-state index is -0.395. The molecule has 1 heterocycles. The average molecular weight is 288 g/mol. The third-order valence-corrected chi connectivity index (χ3v) is 3.16. The van der Waals surface area contributed by atoms with Gasteiger partial charge in [0.1, 0.15) is 0 Å². The van der Waals surface area contributed by atoms with Gasteiger partial charge >= 0.3 is 0 Å². The third-order valence-electron chi connectivity index (χ3n) is 3.16. The Morgan fingerprint density at radius 1 is 1.47 bits per heavy atom. The highest BCUT2D eigenvalue weighted by Crippen LogP contribution is 2.13. The lowest BCUT2D eigenvalue weighted by atomic mass is 10.1. The fourth-order valence-electron chi connectivity index (χ4n) is 2.11. The van der Waals surface area contributed by atoms with Crippen LogP contribution in [-0.2, 0) is 6.54 Å². The molecule has 2 atom stereocenters. The highest BCUT2D eigenvalue weighted by atomic mass is 35.5. The Balaban J connectivity index is 0.00000180. The van der Waals surface area contributed by atoms with Crippen molar-refractivity contribution in [2.45, 2.75) is 12.6 Å². The Labute approximate surface area is 117 Å². The second-order valence-electron chi connectivity index (χ2n) is 4.54. The number of aliphatic hydroxyl groups is 1. The Morgan fingerprint density at radius 3 is 2.89 bits per heavy atom. The van der Waals surface area contributed by atoms with Crippen molar-refractivity contribution < 1.29 is 10.0 Å². The molecule has 2 rings (SSSR count). The zero-order chi connectivity index (χ0) is 13.0. The first-order chi connectivity index (χ1) is 8.66. The maximum absolute atomic E-state index is 10.6. The second kappa shape index (κ2) is 7.40. The Hall–Kier alpha value is -1.21. The minimum absolute atomic E-state index is 0. The monoisotopic (exact) mass is 287 g/mol. The summed E-state index contributed by atoms with van der Waals surface area (Å²) in [5.41, 5.74) is 0.988. The SMILES string of the molecule is Cl.O=[N+]([O-])c1cccc(CNCC2CNCC2O)c1. The molecule has 3 N–H and O–H groups in total. The minimum Gasteiger partial charge on any atom is -0.391 e. The van der Waals surface area contributed by atoms with Gasteiger partial charge in [-0.05, 0) is 5.56 Å². The van der Waals surface area contributed by atoms with Gasteiger partial charge in [-0.25, -0.2) is 0 Å². The first kappa shape index (κ1) is 15.8. The molecule has 2 unspecified atom stereocenters. The lowest BCUT2D eigenvalue weighted by Crippen LogP contribution is -2.30. The Bertz CT molecular complexity index is 430. The van der Waals surface area contributed by atoms with Gasteiger partial charge in [0.15, 0.2) is 0 Å². The van der Waals surface area contributed by atoms with E-state index in [1.165, 1.54) is 6.07 Å². The largest absolute Gasteiger partial charge is 0.391 e. The molecule has 1 aliphatic rings. The van der Waals surface area contributed by atoms with Crippen LogP contribution in [0.25, 0.3) is 0 Å². The summed E-state index contributed by atoms with van der Waals surface area (Å²) < 4.78 is 0. The molecule has 0 radical (unpaired) electrons. The van der Waals surface area contributed by atoms with Gasteiger partial charge in [-0.3, -0.25) is 10.1 Å². The molecule has 1 aromatic carbocycles. The van der Waals surface area contributed by atoms with Crippen molar-refractivity contribution in [3.63, 3.8) is 0 Å². The van der Waals surface area contributed by atoms with E-state index in [9.17, 15) is 15.2 Å². The quantitative estimate of drug-likeness (QED) is 0.548. The van der Waals surface area contributed by atoms with E-state index in [0.717, 1.165) is 12.1 Å². The van der Waals surface area contributed by atoms with Crippen LogP contribution in [0.5, 0.6) is 0 Å². The number of aliphatic hydroxyl groups excluding tert-OH is 1. The van der Waals surface area contributed by atoms with Crippen LogP contribution in [0.1, 0.15) is 5.56 Å².